The van der Waals surface area contributed by atoms with Gasteiger partial charge in [0.15, 0.2) is 5.78 Å². The van der Waals surface area contributed by atoms with Crippen molar-refractivity contribution < 1.29 is 4.79 Å². The summed E-state index contributed by atoms with van der Waals surface area (Å²) >= 11 is 0. The van der Waals surface area contributed by atoms with Crippen molar-refractivity contribution in [2.75, 3.05) is 13.1 Å². The van der Waals surface area contributed by atoms with Gasteiger partial charge in [-0.1, -0.05) is 12.8 Å². The predicted octanol–water partition coefficient (Wildman–Crippen LogP) is 1.94. The van der Waals surface area contributed by atoms with E-state index in [2.05, 4.69) is 12.1 Å². The zero-order valence-corrected chi connectivity index (χ0v) is 11.9. The summed E-state index contributed by atoms with van der Waals surface area (Å²) in [6, 6.07) is 5.17. The predicted molar refractivity (Wildman–Crippen MR) is 75.6 cm³/mol. The number of ketones is 1. The maximum absolute atomic E-state index is 12.0. The lowest BCUT2D eigenvalue weighted by molar-refractivity contribution is -0.122. The molecule has 0 spiro atoms. The molecule has 0 fully saturated rings. The maximum atomic E-state index is 12.0. The Labute approximate surface area is 112 Å². The van der Waals surface area contributed by atoms with Gasteiger partial charge in [0.2, 0.25) is 0 Å². The minimum atomic E-state index is -0.215. The second-order valence-electron chi connectivity index (χ2n) is 4.36. The third-order valence-corrected chi connectivity index (χ3v) is 3.29. The molecule has 2 unspecified atom stereocenters. The molecule has 3 heteroatoms. The van der Waals surface area contributed by atoms with Gasteiger partial charge >= 0.3 is 0 Å². The Morgan fingerprint density at radius 1 is 1.11 bits per heavy atom. The Bertz CT molecular complexity index is 337. The van der Waals surface area contributed by atoms with Crippen LogP contribution in [0.15, 0.2) is 0 Å². The van der Waals surface area contributed by atoms with Gasteiger partial charge in [0.1, 0.15) is 0 Å². The van der Waals surface area contributed by atoms with Crippen LogP contribution in [0.4, 0.5) is 0 Å². The van der Waals surface area contributed by atoms with E-state index >= 15 is 0 Å². The molecule has 0 saturated heterocycles. The van der Waals surface area contributed by atoms with Gasteiger partial charge in [0, 0.05) is 37.6 Å². The molecule has 0 aromatic carbocycles. The molecule has 0 rings (SSSR count). The van der Waals surface area contributed by atoms with Crippen molar-refractivity contribution in [3.05, 3.63) is 0 Å². The van der Waals surface area contributed by atoms with Gasteiger partial charge in [-0.05, 0) is 34.1 Å². The second-order valence-corrected chi connectivity index (χ2v) is 4.36. The van der Waals surface area contributed by atoms with E-state index in [0.717, 1.165) is 13.0 Å². The lowest BCUT2D eigenvalue weighted by Crippen LogP contribution is -2.36. The molecule has 0 aliphatic rings. The van der Waals surface area contributed by atoms with Crippen LogP contribution in [0.2, 0.25) is 0 Å². The van der Waals surface area contributed by atoms with Crippen LogP contribution < -0.4 is 0 Å². The highest BCUT2D eigenvalue weighted by Crippen LogP contribution is 2.09. The largest absolute Gasteiger partial charge is 0.330 e. The zero-order valence-electron chi connectivity index (χ0n) is 11.9. The van der Waals surface area contributed by atoms with E-state index < -0.39 is 0 Å². The normalized spacial score (nSPS) is 13.0. The van der Waals surface area contributed by atoms with Crippen LogP contribution in [-0.2, 0) is 4.79 Å². The average molecular weight is 248 g/mol. The van der Waals surface area contributed by atoms with E-state index in [9.17, 15) is 4.79 Å². The molecule has 0 amide bonds. The molecule has 0 aromatic rings. The van der Waals surface area contributed by atoms with Crippen molar-refractivity contribution in [3.8, 4) is 24.9 Å². The van der Waals surface area contributed by atoms with Crippen LogP contribution in [0.1, 0.15) is 40.5 Å². The minimum absolute atomic E-state index is 0.176. The van der Waals surface area contributed by atoms with Crippen LogP contribution >= 0.6 is 0 Å². The summed E-state index contributed by atoms with van der Waals surface area (Å²) in [4.78, 5) is 15.6. The van der Waals surface area contributed by atoms with E-state index in [1.54, 1.807) is 4.90 Å². The number of carbonyl (C=O) groups excluding carboxylic acids is 1. The Kier molecular flexibility index (Phi) is 7.72. The minimum Gasteiger partial charge on any atom is -0.330 e. The molecule has 0 aliphatic heterocycles. The van der Waals surface area contributed by atoms with Crippen LogP contribution in [0.25, 0.3) is 0 Å². The van der Waals surface area contributed by atoms with E-state index in [1.165, 1.54) is 0 Å². The quantitative estimate of drug-likeness (QED) is 0.484. The number of rotatable bonds is 8. The second kappa shape index (κ2) is 8.48. The SMILES string of the molecule is C#CN(CC)C(C)CCC(=O)C(C)N(C#C)CC. The fourth-order valence-corrected chi connectivity index (χ4v) is 1.90. The molecule has 0 aromatic heterocycles. The highest BCUT2D eigenvalue weighted by Gasteiger charge is 2.19. The zero-order chi connectivity index (χ0) is 14.1. The van der Waals surface area contributed by atoms with Crippen LogP contribution in [0, 0.1) is 24.9 Å². The number of Topliss-reactive ketones (excluding diaryl/α,β-unsaturated/α-hetero) is 1. The molecule has 0 aliphatic carbocycles. The van der Waals surface area contributed by atoms with Gasteiger partial charge in [-0.15, -0.1) is 0 Å². The summed E-state index contributed by atoms with van der Waals surface area (Å²) in [5.41, 5.74) is 0. The third kappa shape index (κ3) is 4.72. The first-order chi connectivity index (χ1) is 8.51. The number of carbonyl (C=O) groups is 1. The van der Waals surface area contributed by atoms with Crippen molar-refractivity contribution in [2.24, 2.45) is 0 Å². The smallest absolute Gasteiger partial charge is 0.155 e. The molecular weight excluding hydrogens is 224 g/mol. The molecule has 0 radical (unpaired) electrons. The number of nitrogens with zero attached hydrogens (tertiary/aromatic N) is 2. The summed E-state index contributed by atoms with van der Waals surface area (Å²) < 4.78 is 0. The average Bonchev–Trinajstić information content (AvgIpc) is 2.38. The van der Waals surface area contributed by atoms with Crippen molar-refractivity contribution >= 4 is 5.78 Å². The van der Waals surface area contributed by atoms with Gasteiger partial charge in [-0.2, -0.15) is 0 Å². The summed E-state index contributed by atoms with van der Waals surface area (Å²) in [7, 11) is 0. The molecule has 3 nitrogen and oxygen atoms in total. The van der Waals surface area contributed by atoms with E-state index in [4.69, 9.17) is 12.8 Å². The van der Waals surface area contributed by atoms with Crippen LogP contribution in [-0.4, -0.2) is 40.8 Å². The monoisotopic (exact) mass is 248 g/mol. The van der Waals surface area contributed by atoms with Gasteiger partial charge in [-0.3, -0.25) is 4.79 Å². The molecule has 0 saturated carbocycles. The van der Waals surface area contributed by atoms with E-state index in [-0.39, 0.29) is 17.9 Å². The molecular formula is C15H24N2O. The number of hydrogen-bond donors (Lipinski definition) is 0. The number of terminal acetylenes is 2. The number of hydrogen-bond acceptors (Lipinski definition) is 3. The summed E-state index contributed by atoms with van der Waals surface area (Å²) in [6.45, 7) is 9.34. The maximum Gasteiger partial charge on any atom is 0.155 e. The molecule has 0 bridgehead atoms. The van der Waals surface area contributed by atoms with Gasteiger partial charge < -0.3 is 9.80 Å². The fraction of sp³-hybridized carbons (Fsp3) is 0.667. The number of likely N-dealkylation sites (N-methyl/N-ethyl adjacent to an activating group) is 1. The Morgan fingerprint density at radius 3 is 2.00 bits per heavy atom. The summed E-state index contributed by atoms with van der Waals surface area (Å²) in [5, 5.41) is 0. The van der Waals surface area contributed by atoms with Crippen LogP contribution in [0.3, 0.4) is 0 Å². The lowest BCUT2D eigenvalue weighted by atomic mass is 10.0. The van der Waals surface area contributed by atoms with E-state index in [1.807, 2.05) is 32.6 Å². The first-order valence-electron chi connectivity index (χ1n) is 6.50. The summed E-state index contributed by atoms with van der Waals surface area (Å²) in [5.74, 6) is 0.176. The molecule has 0 N–H and O–H groups in total. The van der Waals surface area contributed by atoms with Crippen molar-refractivity contribution in [3.63, 3.8) is 0 Å². The Morgan fingerprint density at radius 2 is 1.61 bits per heavy atom. The summed E-state index contributed by atoms with van der Waals surface area (Å²) in [6.07, 6.45) is 12.0. The van der Waals surface area contributed by atoms with E-state index in [0.29, 0.717) is 13.0 Å². The topological polar surface area (TPSA) is 23.6 Å². The lowest BCUT2D eigenvalue weighted by Gasteiger charge is -2.25. The van der Waals surface area contributed by atoms with Crippen molar-refractivity contribution in [1.82, 2.24) is 9.80 Å². The first-order valence-corrected chi connectivity index (χ1v) is 6.50. The highest BCUT2D eigenvalue weighted by molar-refractivity contribution is 5.83. The molecule has 18 heavy (non-hydrogen) atoms. The molecule has 0 heterocycles. The van der Waals surface area contributed by atoms with Crippen LogP contribution in [0.5, 0.6) is 0 Å². The Hall–Kier alpha value is -1.61. The Balaban J connectivity index is 4.27. The fourth-order valence-electron chi connectivity index (χ4n) is 1.90. The van der Waals surface area contributed by atoms with Gasteiger partial charge in [0.25, 0.3) is 0 Å². The molecule has 100 valence electrons. The van der Waals surface area contributed by atoms with Gasteiger partial charge in [-0.25, -0.2) is 0 Å². The van der Waals surface area contributed by atoms with Gasteiger partial charge in [0.05, 0.1) is 6.04 Å². The third-order valence-electron chi connectivity index (χ3n) is 3.29. The highest BCUT2D eigenvalue weighted by atomic mass is 16.1. The standard InChI is InChI=1S/C15H24N2O/c1-7-16(8-2)13(5)11-12-15(18)14(6)17(9-3)10-4/h1,3,13-14H,8,10-12H2,2,4-6H3. The molecule has 2 atom stereocenters. The van der Waals surface area contributed by atoms with Crippen molar-refractivity contribution in [2.45, 2.75) is 52.6 Å². The first kappa shape index (κ1) is 16.4. The van der Waals surface area contributed by atoms with Crippen molar-refractivity contribution in [1.29, 1.82) is 0 Å².